The van der Waals surface area contributed by atoms with Crippen LogP contribution in [0.15, 0.2) is 95.0 Å². The van der Waals surface area contributed by atoms with E-state index in [1.807, 2.05) is 24.3 Å². The minimum atomic E-state index is -1.46. The first-order valence-electron chi connectivity index (χ1n) is 25.7. The summed E-state index contributed by atoms with van der Waals surface area (Å²) in [6, 6.07) is 15.3. The van der Waals surface area contributed by atoms with Crippen LogP contribution in [-0.2, 0) is 69.0 Å². The van der Waals surface area contributed by atoms with Crippen LogP contribution in [-0.4, -0.2) is 126 Å². The Morgan fingerprint density at radius 2 is 1.29 bits per heavy atom. The fraction of sp³-hybridized carbons (Fsp3) is 0.415. The summed E-state index contributed by atoms with van der Waals surface area (Å²) in [5.41, 5.74) is 30.9. The van der Waals surface area contributed by atoms with Gasteiger partial charge in [-0.05, 0) is 73.3 Å². The van der Waals surface area contributed by atoms with Crippen LogP contribution in [0.2, 0.25) is 0 Å². The van der Waals surface area contributed by atoms with Crippen LogP contribution in [0.1, 0.15) is 80.5 Å². The SMILES string of the molecule is CC(=O)N[C@@H](CCCN=C(N)N)C(=O)N[C@H]1CC(=O)NCCCCC(C(N)=O)NC(=O)[C@H](Cc2c[nH]c3ccccc23)NC(=O)[C@H](CCCN=C(N)N)NC(=O)C(Cc2ccccc2)NC(=O)Cc2ccccc2CNC1=O. The van der Waals surface area contributed by atoms with Gasteiger partial charge in [-0.25, -0.2) is 0 Å². The van der Waals surface area contributed by atoms with Crippen molar-refractivity contribution < 1.29 is 43.2 Å². The second-order valence-corrected chi connectivity index (χ2v) is 18.9. The Morgan fingerprint density at radius 1 is 0.667 bits per heavy atom. The van der Waals surface area contributed by atoms with Gasteiger partial charge in [-0.3, -0.25) is 53.1 Å². The number of hydrogen-bond donors (Lipinski definition) is 14. The third-order valence-corrected chi connectivity index (χ3v) is 12.7. The molecule has 418 valence electrons. The molecule has 3 aromatic carbocycles. The van der Waals surface area contributed by atoms with Gasteiger partial charge in [0.15, 0.2) is 11.9 Å². The summed E-state index contributed by atoms with van der Waals surface area (Å²) in [6.07, 6.45) is 1.95. The number of amides is 9. The number of fused-ring (bicyclic) bond motifs is 2. The Hall–Kier alpha value is -9.03. The minimum Gasteiger partial charge on any atom is -0.370 e. The number of aromatic amines is 1. The van der Waals surface area contributed by atoms with Crippen LogP contribution >= 0.6 is 0 Å². The zero-order valence-corrected chi connectivity index (χ0v) is 43.6. The van der Waals surface area contributed by atoms with Crippen molar-refractivity contribution in [3.8, 4) is 0 Å². The second kappa shape index (κ2) is 30.5. The summed E-state index contributed by atoms with van der Waals surface area (Å²) in [4.78, 5) is 135. The molecule has 1 aliphatic heterocycles. The minimum absolute atomic E-state index is 0.00168. The molecule has 0 spiro atoms. The number of H-pyrrole nitrogens is 1. The predicted octanol–water partition coefficient (Wildman–Crippen LogP) is -1.98. The molecule has 2 unspecified atom stereocenters. The van der Waals surface area contributed by atoms with Gasteiger partial charge in [0.2, 0.25) is 53.2 Å². The molecule has 25 nitrogen and oxygen atoms in total. The molecular formula is C53H72N16O9. The summed E-state index contributed by atoms with van der Waals surface area (Å²) in [7, 11) is 0. The van der Waals surface area contributed by atoms with E-state index < -0.39 is 95.8 Å². The number of nitrogens with two attached hydrogens (primary N) is 5. The molecule has 0 bridgehead atoms. The average molecular weight is 1080 g/mol. The summed E-state index contributed by atoms with van der Waals surface area (Å²) in [5, 5.41) is 22.6. The maximum Gasteiger partial charge on any atom is 0.243 e. The highest BCUT2D eigenvalue weighted by atomic mass is 16.2. The van der Waals surface area contributed by atoms with Crippen LogP contribution in [0.4, 0.5) is 0 Å². The first-order valence-corrected chi connectivity index (χ1v) is 25.7. The molecule has 0 aliphatic carbocycles. The van der Waals surface area contributed by atoms with Gasteiger partial charge in [0.05, 0.1) is 12.8 Å². The standard InChI is InChI=1S/C53H72N16O9/c1-31(70)64-39(20-11-23-60-52(55)56)48(75)69-43-28-44(71)59-22-10-9-19-38(46(54)73)66-51(78)42(26-35-30-62-37-18-8-7-17-36(35)37)68-49(76)40(21-12-24-61-53(57)58)67-50(77)41(25-32-13-3-2-4-14-32)65-45(72)27-33-15-5-6-16-34(33)29-63-47(43)74/h2-8,13-18,30,38-43,62H,9-12,19-29H2,1H3,(H2,54,73)(H,59,71)(H,63,74)(H,64,70)(H,65,72)(H,66,78)(H,67,77)(H,68,76)(H,69,75)(H4,55,56,60)(H4,57,58,61)/t38?,39-,40-,41?,42-,43-/m0/s1. The number of guanidine groups is 2. The van der Waals surface area contributed by atoms with Crippen molar-refractivity contribution in [2.24, 2.45) is 38.7 Å². The monoisotopic (exact) mass is 1080 g/mol. The number of aliphatic imine (C=N–C) groups is 2. The molecule has 25 heteroatoms. The molecule has 2 heterocycles. The molecule has 0 radical (unpaired) electrons. The molecule has 4 aromatic rings. The lowest BCUT2D eigenvalue weighted by Gasteiger charge is -2.26. The number of benzene rings is 3. The Bertz CT molecular complexity index is 2790. The van der Waals surface area contributed by atoms with E-state index in [9.17, 15) is 43.2 Å². The lowest BCUT2D eigenvalue weighted by molar-refractivity contribution is -0.134. The van der Waals surface area contributed by atoms with Gasteiger partial charge in [-0.15, -0.1) is 0 Å². The van der Waals surface area contributed by atoms with Gasteiger partial charge in [0, 0.05) is 63.0 Å². The van der Waals surface area contributed by atoms with Gasteiger partial charge in [-0.1, -0.05) is 72.8 Å². The largest absolute Gasteiger partial charge is 0.370 e. The molecule has 9 amide bonds. The van der Waals surface area contributed by atoms with Crippen molar-refractivity contribution in [1.29, 1.82) is 0 Å². The van der Waals surface area contributed by atoms with Crippen LogP contribution in [0, 0.1) is 0 Å². The summed E-state index contributed by atoms with van der Waals surface area (Å²) in [6.45, 7) is 1.35. The molecule has 6 atom stereocenters. The first kappa shape index (κ1) is 59.8. The van der Waals surface area contributed by atoms with E-state index in [1.54, 1.807) is 60.8 Å². The number of rotatable bonds is 16. The van der Waals surface area contributed by atoms with Crippen molar-refractivity contribution in [1.82, 2.24) is 47.5 Å². The maximum absolute atomic E-state index is 14.5. The smallest absolute Gasteiger partial charge is 0.243 e. The summed E-state index contributed by atoms with van der Waals surface area (Å²) in [5.74, 6) is -6.71. The zero-order chi connectivity index (χ0) is 56.6. The Labute approximate surface area is 451 Å². The normalized spacial score (nSPS) is 19.9. The zero-order valence-electron chi connectivity index (χ0n) is 43.6. The Morgan fingerprint density at radius 3 is 2.00 bits per heavy atom. The topological polar surface area (TPSA) is 420 Å². The van der Waals surface area contributed by atoms with Crippen molar-refractivity contribution in [2.45, 2.75) is 120 Å². The lowest BCUT2D eigenvalue weighted by Crippen LogP contribution is -2.58. The quantitative estimate of drug-likeness (QED) is 0.0329. The number of nitrogens with one attached hydrogen (secondary N) is 9. The van der Waals surface area contributed by atoms with Gasteiger partial charge in [0.25, 0.3) is 0 Å². The average Bonchev–Trinajstić information content (AvgIpc) is 3.80. The second-order valence-electron chi connectivity index (χ2n) is 18.9. The van der Waals surface area contributed by atoms with Gasteiger partial charge >= 0.3 is 0 Å². The van der Waals surface area contributed by atoms with Gasteiger partial charge in [-0.2, -0.15) is 0 Å². The van der Waals surface area contributed by atoms with Crippen LogP contribution < -0.4 is 71.2 Å². The van der Waals surface area contributed by atoms with Gasteiger partial charge < -0.3 is 76.2 Å². The van der Waals surface area contributed by atoms with Gasteiger partial charge in [0.1, 0.15) is 36.3 Å². The third-order valence-electron chi connectivity index (χ3n) is 12.7. The molecule has 0 fully saturated rings. The van der Waals surface area contributed by atoms with E-state index in [0.29, 0.717) is 22.3 Å². The Kier molecular flexibility index (Phi) is 23.4. The van der Waals surface area contributed by atoms with Crippen LogP contribution in [0.25, 0.3) is 10.9 Å². The summed E-state index contributed by atoms with van der Waals surface area (Å²) >= 11 is 0. The highest BCUT2D eigenvalue weighted by molar-refractivity contribution is 5.97. The van der Waals surface area contributed by atoms with E-state index in [4.69, 9.17) is 28.7 Å². The maximum atomic E-state index is 14.5. The van der Waals surface area contributed by atoms with E-state index in [-0.39, 0.29) is 102 Å². The molecule has 0 saturated carbocycles. The molecular weight excluding hydrogens is 1000 g/mol. The number of nitrogens with zero attached hydrogens (tertiary/aromatic N) is 2. The number of primary amides is 1. The summed E-state index contributed by atoms with van der Waals surface area (Å²) < 4.78 is 0. The number of carbonyl (C=O) groups excluding carboxylic acids is 9. The van der Waals surface area contributed by atoms with E-state index >= 15 is 0 Å². The molecule has 1 aromatic heterocycles. The van der Waals surface area contributed by atoms with Crippen molar-refractivity contribution in [2.75, 3.05) is 19.6 Å². The number of carbonyl (C=O) groups is 9. The van der Waals surface area contributed by atoms with E-state index in [2.05, 4.69) is 57.5 Å². The molecule has 5 rings (SSSR count). The first-order chi connectivity index (χ1) is 37.4. The third kappa shape index (κ3) is 19.9. The van der Waals surface area contributed by atoms with Crippen molar-refractivity contribution in [3.05, 3.63) is 107 Å². The Balaban J connectivity index is 1.49. The molecule has 78 heavy (non-hydrogen) atoms. The van der Waals surface area contributed by atoms with E-state index in [1.165, 1.54) is 6.92 Å². The lowest BCUT2D eigenvalue weighted by atomic mass is 10.0. The highest BCUT2D eigenvalue weighted by Gasteiger charge is 2.33. The molecule has 0 saturated heterocycles. The van der Waals surface area contributed by atoms with Crippen molar-refractivity contribution >= 4 is 76.0 Å². The van der Waals surface area contributed by atoms with E-state index in [0.717, 1.165) is 10.9 Å². The molecule has 19 N–H and O–H groups in total. The molecule has 1 aliphatic rings. The fourth-order valence-electron chi connectivity index (χ4n) is 8.75. The fourth-order valence-corrected chi connectivity index (χ4v) is 8.75. The highest BCUT2D eigenvalue weighted by Crippen LogP contribution is 2.20. The number of aromatic nitrogens is 1. The van der Waals surface area contributed by atoms with Crippen LogP contribution in [0.5, 0.6) is 0 Å². The predicted molar refractivity (Wildman–Crippen MR) is 292 cm³/mol. The van der Waals surface area contributed by atoms with Crippen LogP contribution in [0.3, 0.4) is 0 Å². The van der Waals surface area contributed by atoms with Crippen molar-refractivity contribution in [3.63, 3.8) is 0 Å². The number of para-hydroxylation sites is 1. The number of hydrogen-bond acceptors (Lipinski definition) is 11.